The Balaban J connectivity index is 1.68. The highest BCUT2D eigenvalue weighted by atomic mass is 32.2. The molecule has 0 aliphatic rings. The molecule has 0 aliphatic carbocycles. The largest absolute Gasteiger partial charge is 0.461 e. The van der Waals surface area contributed by atoms with Crippen LogP contribution in [-0.2, 0) is 18.9 Å². The molecule has 32 heavy (non-hydrogen) atoms. The Kier molecular flexibility index (Phi) is 6.43. The predicted octanol–water partition coefficient (Wildman–Crippen LogP) is 1.98. The molecule has 1 amide bonds. The number of anilines is 1. The van der Waals surface area contributed by atoms with Gasteiger partial charge < -0.3 is 4.42 Å². The summed E-state index contributed by atoms with van der Waals surface area (Å²) in [4.78, 5) is 46.5. The van der Waals surface area contributed by atoms with Crippen molar-refractivity contribution in [2.45, 2.75) is 16.3 Å². The Bertz CT molecular complexity index is 1410. The number of carbonyl (C=O) groups is 1. The monoisotopic (exact) mass is 491 g/mol. The molecule has 4 rings (SSSR count). The first-order valence-corrected chi connectivity index (χ1v) is 12.1. The maximum Gasteiger partial charge on any atom is 0.332 e. The van der Waals surface area contributed by atoms with Crippen molar-refractivity contribution in [2.24, 2.45) is 14.1 Å². The minimum atomic E-state index is -0.539. The summed E-state index contributed by atoms with van der Waals surface area (Å²) in [6.45, 7) is 2.00. The van der Waals surface area contributed by atoms with E-state index in [2.05, 4.69) is 25.5 Å². The summed E-state index contributed by atoms with van der Waals surface area (Å²) in [5, 5.41) is 11.5. The summed E-state index contributed by atoms with van der Waals surface area (Å²) < 4.78 is 8.39. The highest BCUT2D eigenvalue weighted by molar-refractivity contribution is 8.01. The molecule has 1 N–H and O–H groups in total. The van der Waals surface area contributed by atoms with E-state index < -0.39 is 11.2 Å². The van der Waals surface area contributed by atoms with E-state index in [-0.39, 0.29) is 33.5 Å². The van der Waals surface area contributed by atoms with Gasteiger partial charge in [0.1, 0.15) is 10.4 Å². The Hall–Kier alpha value is -2.97. The van der Waals surface area contributed by atoms with Gasteiger partial charge in [-0.3, -0.25) is 24.0 Å². The van der Waals surface area contributed by atoms with Crippen LogP contribution < -0.4 is 16.6 Å². The topological polar surface area (TPSA) is 138 Å². The molecule has 0 saturated carbocycles. The van der Waals surface area contributed by atoms with Crippen LogP contribution in [0, 0.1) is 0 Å². The summed E-state index contributed by atoms with van der Waals surface area (Å²) in [6.07, 6.45) is 1.47. The van der Waals surface area contributed by atoms with E-state index in [1.165, 1.54) is 48.0 Å². The number of carbonyl (C=O) groups excluding carboxylic acids is 1. The molecule has 0 saturated heterocycles. The van der Waals surface area contributed by atoms with Crippen LogP contribution in [0.1, 0.15) is 6.92 Å². The van der Waals surface area contributed by atoms with Crippen molar-refractivity contribution in [3.63, 3.8) is 0 Å². The van der Waals surface area contributed by atoms with Crippen LogP contribution in [0.3, 0.4) is 0 Å². The van der Waals surface area contributed by atoms with Gasteiger partial charge in [0.05, 0.1) is 12.0 Å². The molecule has 0 unspecified atom stereocenters. The number of thioether (sulfide) groups is 2. The van der Waals surface area contributed by atoms with E-state index in [1.54, 1.807) is 12.1 Å². The molecular weight excluding hydrogens is 474 g/mol. The molecule has 4 aromatic rings. The van der Waals surface area contributed by atoms with Crippen LogP contribution in [0.4, 0.5) is 5.13 Å². The number of nitrogens with zero attached hydrogens (tertiary/aromatic N) is 6. The van der Waals surface area contributed by atoms with Crippen LogP contribution in [-0.4, -0.2) is 46.7 Å². The van der Waals surface area contributed by atoms with Gasteiger partial charge in [0.25, 0.3) is 5.56 Å². The van der Waals surface area contributed by atoms with Crippen LogP contribution in [0.25, 0.3) is 22.6 Å². The molecule has 4 heterocycles. The molecule has 166 valence electrons. The molecule has 0 bridgehead atoms. The van der Waals surface area contributed by atoms with Crippen LogP contribution in [0.15, 0.2) is 41.8 Å². The van der Waals surface area contributed by atoms with Crippen molar-refractivity contribution in [1.29, 1.82) is 0 Å². The molecule has 0 fully saturated rings. The second kappa shape index (κ2) is 9.26. The minimum Gasteiger partial charge on any atom is -0.461 e. The quantitative estimate of drug-likeness (QED) is 0.232. The number of fused-ring (bicyclic) bond motifs is 1. The van der Waals surface area contributed by atoms with Gasteiger partial charge in [-0.25, -0.2) is 14.8 Å². The number of hydrogen-bond acceptors (Lipinski definition) is 11. The molecular formula is C18H17N7O4S3. The van der Waals surface area contributed by atoms with Crippen molar-refractivity contribution >= 4 is 56.9 Å². The Morgan fingerprint density at radius 1 is 1.19 bits per heavy atom. The van der Waals surface area contributed by atoms with Gasteiger partial charge in [0.15, 0.2) is 21.6 Å². The third-order valence-corrected chi connectivity index (χ3v) is 7.10. The Morgan fingerprint density at radius 3 is 2.72 bits per heavy atom. The summed E-state index contributed by atoms with van der Waals surface area (Å²) >= 11 is 3.89. The molecule has 0 spiro atoms. The second-order valence-electron chi connectivity index (χ2n) is 6.38. The molecule has 11 nitrogen and oxygen atoms in total. The molecule has 0 aromatic carbocycles. The molecule has 4 aromatic heterocycles. The third kappa shape index (κ3) is 4.33. The zero-order chi connectivity index (χ0) is 22.8. The van der Waals surface area contributed by atoms with Crippen molar-refractivity contribution in [2.75, 3.05) is 16.8 Å². The van der Waals surface area contributed by atoms with E-state index in [0.717, 1.165) is 26.4 Å². The third-order valence-electron chi connectivity index (χ3n) is 4.27. The maximum atomic E-state index is 12.8. The van der Waals surface area contributed by atoms with E-state index in [9.17, 15) is 14.4 Å². The van der Waals surface area contributed by atoms with Crippen LogP contribution in [0.5, 0.6) is 0 Å². The number of amides is 1. The first kappa shape index (κ1) is 22.2. The first-order chi connectivity index (χ1) is 15.4. The molecule has 0 aliphatic heterocycles. The van der Waals surface area contributed by atoms with Crippen molar-refractivity contribution in [3.05, 3.63) is 39.2 Å². The lowest BCUT2D eigenvalue weighted by Crippen LogP contribution is -2.37. The van der Waals surface area contributed by atoms with Gasteiger partial charge in [-0.15, -0.1) is 10.2 Å². The molecule has 0 radical (unpaired) electrons. The standard InChI is InChI=1S/C18H17N7O4S3/c1-4-30-17-23-22-16(32-17)19-10(26)8-31-14-11-13(24(2)18(28)25(3)15(11)27)20-12(21-14)9-6-5-7-29-9/h5-7H,4,8H2,1-3H3,(H,19,22,26). The lowest BCUT2D eigenvalue weighted by atomic mass is 10.3. The summed E-state index contributed by atoms with van der Waals surface area (Å²) in [6, 6.07) is 3.35. The fourth-order valence-electron chi connectivity index (χ4n) is 2.78. The zero-order valence-corrected chi connectivity index (χ0v) is 19.6. The van der Waals surface area contributed by atoms with Crippen molar-refractivity contribution < 1.29 is 9.21 Å². The smallest absolute Gasteiger partial charge is 0.332 e. The number of aromatic nitrogens is 6. The van der Waals surface area contributed by atoms with Gasteiger partial charge in [-0.2, -0.15) is 0 Å². The minimum absolute atomic E-state index is 0.0362. The predicted molar refractivity (Wildman–Crippen MR) is 123 cm³/mol. The van der Waals surface area contributed by atoms with Gasteiger partial charge in [0, 0.05) is 14.1 Å². The highest BCUT2D eigenvalue weighted by Crippen LogP contribution is 2.28. The number of furan rings is 1. The van der Waals surface area contributed by atoms with Gasteiger partial charge in [0.2, 0.25) is 11.0 Å². The van der Waals surface area contributed by atoms with Crippen LogP contribution >= 0.6 is 34.9 Å². The fraction of sp³-hybridized carbons (Fsp3) is 0.278. The highest BCUT2D eigenvalue weighted by Gasteiger charge is 2.20. The van der Waals surface area contributed by atoms with E-state index in [1.807, 2.05) is 6.92 Å². The lowest BCUT2D eigenvalue weighted by Gasteiger charge is -2.11. The average Bonchev–Trinajstić information content (AvgIpc) is 3.47. The first-order valence-electron chi connectivity index (χ1n) is 9.29. The Morgan fingerprint density at radius 2 is 2.00 bits per heavy atom. The van der Waals surface area contributed by atoms with Crippen LogP contribution in [0.2, 0.25) is 0 Å². The summed E-state index contributed by atoms with van der Waals surface area (Å²) in [5.74, 6) is 1.08. The second-order valence-corrected chi connectivity index (χ2v) is 9.83. The molecule has 0 atom stereocenters. The van der Waals surface area contributed by atoms with Gasteiger partial charge in [-0.05, 0) is 17.9 Å². The van der Waals surface area contributed by atoms with Gasteiger partial charge in [-0.1, -0.05) is 41.8 Å². The SMILES string of the molecule is CCSc1nnc(NC(=O)CSc2nc(-c3ccco3)nc3c2c(=O)n(C)c(=O)n3C)s1. The number of nitrogens with one attached hydrogen (secondary N) is 1. The fourth-order valence-corrected chi connectivity index (χ4v) is 5.26. The number of rotatable bonds is 7. The lowest BCUT2D eigenvalue weighted by molar-refractivity contribution is -0.113. The van der Waals surface area contributed by atoms with Crippen molar-refractivity contribution in [1.82, 2.24) is 29.3 Å². The van der Waals surface area contributed by atoms with E-state index in [4.69, 9.17) is 4.42 Å². The number of aryl methyl sites for hydroxylation is 1. The Labute approximate surface area is 193 Å². The van der Waals surface area contributed by atoms with Gasteiger partial charge >= 0.3 is 5.69 Å². The normalized spacial score (nSPS) is 11.2. The summed E-state index contributed by atoms with van der Waals surface area (Å²) in [7, 11) is 2.90. The molecule has 14 heteroatoms. The van der Waals surface area contributed by atoms with Crippen molar-refractivity contribution in [3.8, 4) is 11.6 Å². The van der Waals surface area contributed by atoms with E-state index >= 15 is 0 Å². The van der Waals surface area contributed by atoms with E-state index in [0.29, 0.717) is 10.9 Å². The zero-order valence-electron chi connectivity index (χ0n) is 17.2. The maximum absolute atomic E-state index is 12.8. The summed E-state index contributed by atoms with van der Waals surface area (Å²) in [5.41, 5.74) is -0.896. The number of hydrogen-bond donors (Lipinski definition) is 1. The average molecular weight is 492 g/mol.